The number of hydrogen-bond donors (Lipinski definition) is 0. The van der Waals surface area contributed by atoms with Crippen LogP contribution < -0.4 is 9.64 Å². The molecule has 2 aromatic rings. The number of imide groups is 1. The molecule has 0 aromatic heterocycles. The van der Waals surface area contributed by atoms with Crippen molar-refractivity contribution >= 4 is 17.5 Å². The molecule has 2 amide bonds. The van der Waals surface area contributed by atoms with E-state index in [0.717, 1.165) is 37.0 Å². The molecule has 1 aliphatic carbocycles. The van der Waals surface area contributed by atoms with Crippen LogP contribution >= 0.6 is 0 Å². The number of aryl methyl sites for hydroxylation is 1. The molecular weight excluding hydrogens is 314 g/mol. The van der Waals surface area contributed by atoms with Crippen LogP contribution in [0.4, 0.5) is 5.69 Å². The first kappa shape index (κ1) is 15.9. The number of carbonyl (C=O) groups excluding carboxylic acids is 2. The Morgan fingerprint density at radius 2 is 1.52 bits per heavy atom. The summed E-state index contributed by atoms with van der Waals surface area (Å²) in [5, 5.41) is 0. The number of nitrogens with zero attached hydrogens (tertiary/aromatic N) is 1. The number of carbonyl (C=O) groups is 2. The van der Waals surface area contributed by atoms with Gasteiger partial charge in [-0.1, -0.05) is 25.0 Å². The molecule has 1 saturated carbocycles. The van der Waals surface area contributed by atoms with Crippen LogP contribution in [-0.2, 0) is 9.59 Å². The number of amides is 2. The molecule has 1 aliphatic heterocycles. The predicted molar refractivity (Wildman–Crippen MR) is 95.6 cm³/mol. The van der Waals surface area contributed by atoms with Gasteiger partial charge in [-0.15, -0.1) is 0 Å². The van der Waals surface area contributed by atoms with Crippen molar-refractivity contribution in [3.63, 3.8) is 0 Å². The second kappa shape index (κ2) is 6.36. The van der Waals surface area contributed by atoms with Crippen molar-refractivity contribution in [1.29, 1.82) is 0 Å². The Balaban J connectivity index is 1.54. The molecule has 0 radical (unpaired) electrons. The zero-order chi connectivity index (χ0) is 17.4. The van der Waals surface area contributed by atoms with Crippen molar-refractivity contribution in [3.05, 3.63) is 54.1 Å². The highest BCUT2D eigenvalue weighted by atomic mass is 16.5. The standard InChI is InChI=1S/C21H21NO3/c1-14-5-4-6-17(13-14)25-16-11-9-15(10-12-16)22-20(23)18-7-2-3-8-19(18)21(22)24/h4-6,9-13,18-19H,2-3,7-8H2,1H3. The number of ether oxygens (including phenoxy) is 1. The maximum atomic E-state index is 12.6. The monoisotopic (exact) mass is 335 g/mol. The topological polar surface area (TPSA) is 46.6 Å². The first-order chi connectivity index (χ1) is 12.1. The van der Waals surface area contributed by atoms with E-state index in [2.05, 4.69) is 0 Å². The van der Waals surface area contributed by atoms with Crippen molar-refractivity contribution in [3.8, 4) is 11.5 Å². The minimum Gasteiger partial charge on any atom is -0.457 e. The molecule has 4 nitrogen and oxygen atoms in total. The lowest BCUT2D eigenvalue weighted by Crippen LogP contribution is -2.30. The van der Waals surface area contributed by atoms with Gasteiger partial charge < -0.3 is 4.74 Å². The Bertz CT molecular complexity index is 788. The smallest absolute Gasteiger partial charge is 0.237 e. The van der Waals surface area contributed by atoms with E-state index in [1.165, 1.54) is 4.90 Å². The Morgan fingerprint density at radius 1 is 0.880 bits per heavy atom. The van der Waals surface area contributed by atoms with E-state index in [-0.39, 0.29) is 23.7 Å². The molecule has 2 aromatic carbocycles. The molecule has 1 saturated heterocycles. The molecule has 2 aliphatic rings. The summed E-state index contributed by atoms with van der Waals surface area (Å²) in [4.78, 5) is 26.6. The minimum atomic E-state index is -0.121. The fraction of sp³-hybridized carbons (Fsp3) is 0.333. The second-order valence-corrected chi connectivity index (χ2v) is 6.92. The molecule has 0 bridgehead atoms. The summed E-state index contributed by atoms with van der Waals surface area (Å²) in [7, 11) is 0. The van der Waals surface area contributed by atoms with E-state index < -0.39 is 0 Å². The van der Waals surface area contributed by atoms with Crippen LogP contribution in [0.15, 0.2) is 48.5 Å². The summed E-state index contributed by atoms with van der Waals surface area (Å²) in [5.74, 6) is 1.14. The number of anilines is 1. The highest BCUT2D eigenvalue weighted by molar-refractivity contribution is 6.22. The van der Waals surface area contributed by atoms with E-state index in [9.17, 15) is 9.59 Å². The van der Waals surface area contributed by atoms with Gasteiger partial charge in [0.25, 0.3) is 0 Å². The minimum absolute atomic E-state index is 0.0398. The Morgan fingerprint density at radius 3 is 2.12 bits per heavy atom. The van der Waals surface area contributed by atoms with Crippen LogP contribution in [0.3, 0.4) is 0 Å². The number of rotatable bonds is 3. The van der Waals surface area contributed by atoms with Gasteiger partial charge in [-0.2, -0.15) is 0 Å². The number of hydrogen-bond acceptors (Lipinski definition) is 3. The first-order valence-electron chi connectivity index (χ1n) is 8.86. The maximum absolute atomic E-state index is 12.6. The lowest BCUT2D eigenvalue weighted by molar-refractivity contribution is -0.122. The van der Waals surface area contributed by atoms with Gasteiger partial charge >= 0.3 is 0 Å². The molecular formula is C21H21NO3. The quantitative estimate of drug-likeness (QED) is 0.778. The molecule has 2 unspecified atom stereocenters. The van der Waals surface area contributed by atoms with Gasteiger partial charge in [0.2, 0.25) is 11.8 Å². The Hall–Kier alpha value is -2.62. The van der Waals surface area contributed by atoms with E-state index in [1.54, 1.807) is 24.3 Å². The molecule has 2 atom stereocenters. The molecule has 2 fully saturated rings. The van der Waals surface area contributed by atoms with Crippen LogP contribution in [0, 0.1) is 18.8 Å². The van der Waals surface area contributed by atoms with Gasteiger partial charge in [-0.25, -0.2) is 0 Å². The van der Waals surface area contributed by atoms with Crippen LogP contribution in [-0.4, -0.2) is 11.8 Å². The normalized spacial score (nSPS) is 22.8. The highest BCUT2D eigenvalue weighted by Crippen LogP contribution is 2.40. The zero-order valence-electron chi connectivity index (χ0n) is 14.3. The zero-order valence-corrected chi connectivity index (χ0v) is 14.3. The number of benzene rings is 2. The van der Waals surface area contributed by atoms with E-state index in [0.29, 0.717) is 11.4 Å². The lowest BCUT2D eigenvalue weighted by Gasteiger charge is -2.19. The fourth-order valence-electron chi connectivity index (χ4n) is 3.89. The van der Waals surface area contributed by atoms with Crippen LogP contribution in [0.1, 0.15) is 31.2 Å². The van der Waals surface area contributed by atoms with Gasteiger partial charge in [0.15, 0.2) is 0 Å². The third-order valence-corrected chi connectivity index (χ3v) is 5.16. The Labute approximate surface area is 147 Å². The van der Waals surface area contributed by atoms with E-state index in [1.807, 2.05) is 31.2 Å². The predicted octanol–water partition coefficient (Wildman–Crippen LogP) is 4.47. The fourth-order valence-corrected chi connectivity index (χ4v) is 3.89. The SMILES string of the molecule is Cc1cccc(Oc2ccc(N3C(=O)C4CCCCC4C3=O)cc2)c1. The average Bonchev–Trinajstić information content (AvgIpc) is 2.87. The van der Waals surface area contributed by atoms with E-state index >= 15 is 0 Å². The summed E-state index contributed by atoms with van der Waals surface area (Å²) in [6, 6.07) is 15.0. The summed E-state index contributed by atoms with van der Waals surface area (Å²) < 4.78 is 5.84. The summed E-state index contributed by atoms with van der Waals surface area (Å²) in [6.45, 7) is 2.01. The highest BCUT2D eigenvalue weighted by Gasteiger charge is 2.48. The van der Waals surface area contributed by atoms with Crippen LogP contribution in [0.5, 0.6) is 11.5 Å². The van der Waals surface area contributed by atoms with Crippen molar-refractivity contribution in [2.24, 2.45) is 11.8 Å². The molecule has 128 valence electrons. The molecule has 1 heterocycles. The second-order valence-electron chi connectivity index (χ2n) is 6.92. The molecule has 4 heteroatoms. The van der Waals surface area contributed by atoms with E-state index in [4.69, 9.17) is 4.74 Å². The third-order valence-electron chi connectivity index (χ3n) is 5.16. The van der Waals surface area contributed by atoms with Crippen molar-refractivity contribution < 1.29 is 14.3 Å². The number of fused-ring (bicyclic) bond motifs is 1. The molecule has 4 rings (SSSR count). The van der Waals surface area contributed by atoms with Crippen LogP contribution in [0.2, 0.25) is 0 Å². The summed E-state index contributed by atoms with van der Waals surface area (Å²) in [6.07, 6.45) is 3.75. The summed E-state index contributed by atoms with van der Waals surface area (Å²) in [5.41, 5.74) is 1.77. The van der Waals surface area contributed by atoms with Gasteiger partial charge in [0.05, 0.1) is 17.5 Å². The maximum Gasteiger partial charge on any atom is 0.237 e. The molecule has 0 N–H and O–H groups in total. The van der Waals surface area contributed by atoms with Gasteiger partial charge in [-0.3, -0.25) is 14.5 Å². The Kier molecular flexibility index (Phi) is 4.04. The van der Waals surface area contributed by atoms with Crippen molar-refractivity contribution in [2.45, 2.75) is 32.6 Å². The third kappa shape index (κ3) is 2.93. The lowest BCUT2D eigenvalue weighted by atomic mass is 9.81. The largest absolute Gasteiger partial charge is 0.457 e. The molecule has 25 heavy (non-hydrogen) atoms. The van der Waals surface area contributed by atoms with Gasteiger partial charge in [0, 0.05) is 0 Å². The molecule has 0 spiro atoms. The van der Waals surface area contributed by atoms with Gasteiger partial charge in [-0.05, 0) is 61.7 Å². The van der Waals surface area contributed by atoms with Crippen molar-refractivity contribution in [2.75, 3.05) is 4.90 Å². The first-order valence-corrected chi connectivity index (χ1v) is 8.86. The summed E-state index contributed by atoms with van der Waals surface area (Å²) >= 11 is 0. The van der Waals surface area contributed by atoms with Crippen molar-refractivity contribution in [1.82, 2.24) is 0 Å². The van der Waals surface area contributed by atoms with Gasteiger partial charge in [0.1, 0.15) is 11.5 Å². The van der Waals surface area contributed by atoms with Crippen LogP contribution in [0.25, 0.3) is 0 Å². The average molecular weight is 335 g/mol.